The summed E-state index contributed by atoms with van der Waals surface area (Å²) in [5.41, 5.74) is -0.576. The molecule has 2 rings (SSSR count). The van der Waals surface area contributed by atoms with Gasteiger partial charge in [0.25, 0.3) is 0 Å². The van der Waals surface area contributed by atoms with E-state index < -0.39 is 23.4 Å². The van der Waals surface area contributed by atoms with Gasteiger partial charge < -0.3 is 5.32 Å². The summed E-state index contributed by atoms with van der Waals surface area (Å²) in [6.45, 7) is -0.106. The maximum absolute atomic E-state index is 13.4. The Bertz CT molecular complexity index is 607. The summed E-state index contributed by atoms with van der Waals surface area (Å²) >= 11 is 0. The van der Waals surface area contributed by atoms with E-state index in [0.29, 0.717) is 0 Å². The first kappa shape index (κ1) is 14.3. The van der Waals surface area contributed by atoms with Gasteiger partial charge in [-0.25, -0.2) is 8.78 Å². The quantitative estimate of drug-likeness (QED) is 0.814. The molecule has 0 unspecified atom stereocenters. The zero-order chi connectivity index (χ0) is 14.8. The first-order valence-electron chi connectivity index (χ1n) is 5.71. The Kier molecular flexibility index (Phi) is 3.92. The number of benzene rings is 2. The number of anilines is 1. The molecule has 0 atom stereocenters. The summed E-state index contributed by atoms with van der Waals surface area (Å²) in [7, 11) is 0. The van der Waals surface area contributed by atoms with Gasteiger partial charge in [0.2, 0.25) is 0 Å². The number of nitrogens with one attached hydrogen (secondary N) is 1. The van der Waals surface area contributed by atoms with Crippen LogP contribution in [0.1, 0.15) is 11.1 Å². The number of hydrogen-bond acceptors (Lipinski definition) is 1. The lowest BCUT2D eigenvalue weighted by Gasteiger charge is -2.11. The molecule has 0 amide bonds. The van der Waals surface area contributed by atoms with E-state index in [1.807, 2.05) is 0 Å². The topological polar surface area (TPSA) is 12.0 Å². The summed E-state index contributed by atoms with van der Waals surface area (Å²) < 4.78 is 63.8. The van der Waals surface area contributed by atoms with Crippen LogP contribution in [0.15, 0.2) is 42.5 Å². The number of hydrogen-bond donors (Lipinski definition) is 1. The molecule has 0 spiro atoms. The zero-order valence-electron chi connectivity index (χ0n) is 10.1. The Labute approximate surface area is 112 Å². The van der Waals surface area contributed by atoms with Crippen LogP contribution >= 0.6 is 0 Å². The molecule has 6 heteroatoms. The van der Waals surface area contributed by atoms with Crippen LogP contribution in [-0.2, 0) is 12.7 Å². The molecule has 1 nitrogen and oxygen atoms in total. The van der Waals surface area contributed by atoms with Crippen LogP contribution in [0.25, 0.3) is 0 Å². The van der Waals surface area contributed by atoms with Crippen LogP contribution in [0, 0.1) is 11.6 Å². The highest BCUT2D eigenvalue weighted by atomic mass is 19.4. The molecule has 0 aliphatic rings. The maximum Gasteiger partial charge on any atom is 0.416 e. The van der Waals surface area contributed by atoms with E-state index in [2.05, 4.69) is 5.32 Å². The van der Waals surface area contributed by atoms with Crippen LogP contribution in [0.4, 0.5) is 27.6 Å². The van der Waals surface area contributed by atoms with Crippen LogP contribution in [0.2, 0.25) is 0 Å². The molecule has 20 heavy (non-hydrogen) atoms. The first-order chi connectivity index (χ1) is 9.36. The van der Waals surface area contributed by atoms with E-state index in [9.17, 15) is 22.0 Å². The third kappa shape index (κ3) is 3.46. The summed E-state index contributed by atoms with van der Waals surface area (Å²) in [5, 5.41) is 2.63. The molecule has 0 heterocycles. The third-order valence-electron chi connectivity index (χ3n) is 2.68. The molecule has 0 aromatic heterocycles. The summed E-state index contributed by atoms with van der Waals surface area (Å²) in [5.74, 6) is -1.22. The maximum atomic E-state index is 13.4. The van der Waals surface area contributed by atoms with Crippen molar-refractivity contribution >= 4 is 5.69 Å². The van der Waals surface area contributed by atoms with Crippen molar-refractivity contribution in [3.63, 3.8) is 0 Å². The molecule has 0 aliphatic heterocycles. The molecular weight excluding hydrogens is 277 g/mol. The molecule has 0 bridgehead atoms. The minimum absolute atomic E-state index is 0.0439. The van der Waals surface area contributed by atoms with E-state index in [-0.39, 0.29) is 17.8 Å². The summed E-state index contributed by atoms with van der Waals surface area (Å²) in [6.07, 6.45) is -4.44. The van der Waals surface area contributed by atoms with Crippen molar-refractivity contribution in [2.45, 2.75) is 12.7 Å². The summed E-state index contributed by atoms with van der Waals surface area (Å²) in [6, 6.07) is 7.46. The van der Waals surface area contributed by atoms with E-state index in [1.165, 1.54) is 12.1 Å². The predicted octanol–water partition coefficient (Wildman–Crippen LogP) is 4.60. The molecule has 0 saturated carbocycles. The highest BCUT2D eigenvalue weighted by Crippen LogP contribution is 2.30. The molecule has 0 radical (unpaired) electrons. The van der Waals surface area contributed by atoms with Crippen molar-refractivity contribution in [1.29, 1.82) is 0 Å². The van der Waals surface area contributed by atoms with Crippen molar-refractivity contribution in [2.24, 2.45) is 0 Å². The fourth-order valence-electron chi connectivity index (χ4n) is 1.68. The lowest BCUT2D eigenvalue weighted by Crippen LogP contribution is -2.07. The van der Waals surface area contributed by atoms with Crippen molar-refractivity contribution in [2.75, 3.05) is 5.32 Å². The third-order valence-corrected chi connectivity index (χ3v) is 2.68. The average Bonchev–Trinajstić information content (AvgIpc) is 2.39. The number of alkyl halides is 3. The monoisotopic (exact) mass is 287 g/mol. The van der Waals surface area contributed by atoms with E-state index in [1.54, 1.807) is 0 Å². The van der Waals surface area contributed by atoms with Gasteiger partial charge in [0.05, 0.1) is 5.56 Å². The predicted molar refractivity (Wildman–Crippen MR) is 65.1 cm³/mol. The average molecular weight is 287 g/mol. The van der Waals surface area contributed by atoms with Crippen LogP contribution < -0.4 is 5.32 Å². The largest absolute Gasteiger partial charge is 0.416 e. The van der Waals surface area contributed by atoms with Gasteiger partial charge in [-0.05, 0) is 36.4 Å². The van der Waals surface area contributed by atoms with Crippen LogP contribution in [0.3, 0.4) is 0 Å². The van der Waals surface area contributed by atoms with Crippen molar-refractivity contribution < 1.29 is 22.0 Å². The Morgan fingerprint density at radius 2 is 1.70 bits per heavy atom. The van der Waals surface area contributed by atoms with E-state index in [4.69, 9.17) is 0 Å². The molecular formula is C14H10F5N. The second kappa shape index (κ2) is 5.48. The number of rotatable bonds is 3. The number of halogens is 5. The van der Waals surface area contributed by atoms with Crippen molar-refractivity contribution in [1.82, 2.24) is 0 Å². The van der Waals surface area contributed by atoms with E-state index >= 15 is 0 Å². The fourth-order valence-corrected chi connectivity index (χ4v) is 1.68. The minimum Gasteiger partial charge on any atom is -0.381 e. The molecule has 0 saturated heterocycles. The SMILES string of the molecule is Fc1ccc(F)c(CNc2cccc(C(F)(F)F)c2)c1. The fraction of sp³-hybridized carbons (Fsp3) is 0.143. The molecule has 2 aromatic rings. The lowest BCUT2D eigenvalue weighted by atomic mass is 10.1. The van der Waals surface area contributed by atoms with Gasteiger partial charge in [0.15, 0.2) is 0 Å². The smallest absolute Gasteiger partial charge is 0.381 e. The van der Waals surface area contributed by atoms with E-state index in [0.717, 1.165) is 30.3 Å². The lowest BCUT2D eigenvalue weighted by molar-refractivity contribution is -0.137. The van der Waals surface area contributed by atoms with Crippen molar-refractivity contribution in [3.05, 3.63) is 65.2 Å². The van der Waals surface area contributed by atoms with Gasteiger partial charge in [-0.2, -0.15) is 13.2 Å². The van der Waals surface area contributed by atoms with Gasteiger partial charge in [-0.15, -0.1) is 0 Å². The summed E-state index contributed by atoms with van der Waals surface area (Å²) in [4.78, 5) is 0. The van der Waals surface area contributed by atoms with Gasteiger partial charge >= 0.3 is 6.18 Å². The second-order valence-electron chi connectivity index (χ2n) is 4.17. The minimum atomic E-state index is -4.44. The molecule has 0 aliphatic carbocycles. The van der Waals surface area contributed by atoms with Gasteiger partial charge in [0, 0.05) is 17.8 Å². The van der Waals surface area contributed by atoms with Gasteiger partial charge in [0.1, 0.15) is 11.6 Å². The Morgan fingerprint density at radius 1 is 0.950 bits per heavy atom. The Hall–Kier alpha value is -2.11. The second-order valence-corrected chi connectivity index (χ2v) is 4.17. The Morgan fingerprint density at radius 3 is 2.40 bits per heavy atom. The molecule has 1 N–H and O–H groups in total. The van der Waals surface area contributed by atoms with Gasteiger partial charge in [-0.1, -0.05) is 6.07 Å². The van der Waals surface area contributed by atoms with Crippen molar-refractivity contribution in [3.8, 4) is 0 Å². The van der Waals surface area contributed by atoms with Gasteiger partial charge in [-0.3, -0.25) is 0 Å². The molecule has 2 aromatic carbocycles. The Balaban J connectivity index is 2.13. The van der Waals surface area contributed by atoms with Crippen LogP contribution in [-0.4, -0.2) is 0 Å². The normalized spacial score (nSPS) is 11.4. The first-order valence-corrected chi connectivity index (χ1v) is 5.71. The highest BCUT2D eigenvalue weighted by molar-refractivity contribution is 5.47. The highest BCUT2D eigenvalue weighted by Gasteiger charge is 2.30. The molecule has 0 fully saturated rings. The van der Waals surface area contributed by atoms with Crippen LogP contribution in [0.5, 0.6) is 0 Å². The zero-order valence-corrected chi connectivity index (χ0v) is 10.1. The molecule has 106 valence electrons. The standard InChI is InChI=1S/C14H10F5N/c15-11-4-5-13(16)9(6-11)8-20-12-3-1-2-10(7-12)14(17,18)19/h1-7,20H,8H2.